The van der Waals surface area contributed by atoms with Crippen LogP contribution >= 0.6 is 0 Å². The third-order valence-corrected chi connectivity index (χ3v) is 4.93. The van der Waals surface area contributed by atoms with E-state index in [1.807, 2.05) is 19.9 Å². The number of rotatable bonds is 4. The number of nitrogen functional groups attached to an aromatic ring is 1. The van der Waals surface area contributed by atoms with E-state index in [1.54, 1.807) is 6.07 Å². The molecule has 1 aromatic carbocycles. The Morgan fingerprint density at radius 3 is 2.48 bits per heavy atom. The van der Waals surface area contributed by atoms with Crippen molar-refractivity contribution < 1.29 is 14.3 Å². The summed E-state index contributed by atoms with van der Waals surface area (Å²) in [5, 5.41) is 3.00. The largest absolute Gasteiger partial charge is 0.469 e. The number of benzene rings is 1. The number of ether oxygens (including phenoxy) is 1. The van der Waals surface area contributed by atoms with Crippen LogP contribution in [0.4, 0.5) is 5.69 Å². The van der Waals surface area contributed by atoms with Gasteiger partial charge in [0.15, 0.2) is 0 Å². The highest BCUT2D eigenvalue weighted by atomic mass is 16.5. The number of nitrogens with two attached hydrogens (primary N) is 1. The molecule has 2 rings (SSSR count). The van der Waals surface area contributed by atoms with Gasteiger partial charge < -0.3 is 15.8 Å². The molecule has 0 atom stereocenters. The summed E-state index contributed by atoms with van der Waals surface area (Å²) < 4.78 is 4.80. The Morgan fingerprint density at radius 1 is 1.22 bits per heavy atom. The van der Waals surface area contributed by atoms with Crippen molar-refractivity contribution in [2.24, 2.45) is 11.8 Å². The maximum absolute atomic E-state index is 12.4. The van der Waals surface area contributed by atoms with E-state index in [4.69, 9.17) is 10.5 Å². The molecule has 126 valence electrons. The number of methoxy groups -OCH3 is 1. The molecule has 1 fully saturated rings. The van der Waals surface area contributed by atoms with Crippen LogP contribution in [0.3, 0.4) is 0 Å². The van der Waals surface area contributed by atoms with Gasteiger partial charge in [0, 0.05) is 12.2 Å². The zero-order chi connectivity index (χ0) is 17.0. The van der Waals surface area contributed by atoms with Crippen LogP contribution in [0.1, 0.15) is 47.2 Å². The Hall–Kier alpha value is -2.04. The van der Waals surface area contributed by atoms with Gasteiger partial charge in [0.1, 0.15) is 0 Å². The highest BCUT2D eigenvalue weighted by molar-refractivity contribution is 6.00. The topological polar surface area (TPSA) is 81.4 Å². The highest BCUT2D eigenvalue weighted by Gasteiger charge is 2.27. The van der Waals surface area contributed by atoms with E-state index >= 15 is 0 Å². The van der Waals surface area contributed by atoms with Gasteiger partial charge in [-0.05, 0) is 62.6 Å². The summed E-state index contributed by atoms with van der Waals surface area (Å²) in [5.41, 5.74) is 9.03. The predicted octanol–water partition coefficient (Wildman–Crippen LogP) is 2.59. The van der Waals surface area contributed by atoms with Gasteiger partial charge in [0.05, 0.1) is 18.6 Å². The molecule has 0 unspecified atom stereocenters. The molecule has 5 nitrogen and oxygen atoms in total. The number of nitrogens with one attached hydrogen (secondary N) is 1. The highest BCUT2D eigenvalue weighted by Crippen LogP contribution is 2.29. The van der Waals surface area contributed by atoms with Gasteiger partial charge in [-0.15, -0.1) is 0 Å². The van der Waals surface area contributed by atoms with Crippen molar-refractivity contribution in [3.8, 4) is 0 Å². The summed E-state index contributed by atoms with van der Waals surface area (Å²) in [7, 11) is 1.43. The fraction of sp³-hybridized carbons (Fsp3) is 0.556. The molecule has 0 aliphatic heterocycles. The number of hydrogen-bond acceptors (Lipinski definition) is 4. The number of carbonyl (C=O) groups is 2. The average Bonchev–Trinajstić information content (AvgIpc) is 2.56. The van der Waals surface area contributed by atoms with Crippen molar-refractivity contribution in [2.75, 3.05) is 19.4 Å². The molecule has 0 saturated heterocycles. The number of anilines is 1. The van der Waals surface area contributed by atoms with Crippen LogP contribution in [0.15, 0.2) is 12.1 Å². The molecule has 0 spiro atoms. The zero-order valence-corrected chi connectivity index (χ0v) is 14.1. The van der Waals surface area contributed by atoms with E-state index in [9.17, 15) is 9.59 Å². The summed E-state index contributed by atoms with van der Waals surface area (Å²) in [5.74, 6) is 0.197. The minimum atomic E-state index is -0.115. The van der Waals surface area contributed by atoms with E-state index in [-0.39, 0.29) is 17.8 Å². The van der Waals surface area contributed by atoms with Gasteiger partial charge in [-0.3, -0.25) is 9.59 Å². The lowest BCUT2D eigenvalue weighted by Crippen LogP contribution is -2.33. The van der Waals surface area contributed by atoms with Crippen LogP contribution in [0, 0.1) is 25.7 Å². The van der Waals surface area contributed by atoms with Crippen LogP contribution in [0.25, 0.3) is 0 Å². The van der Waals surface area contributed by atoms with Crippen molar-refractivity contribution in [1.29, 1.82) is 0 Å². The van der Waals surface area contributed by atoms with Gasteiger partial charge in [0.25, 0.3) is 5.91 Å². The van der Waals surface area contributed by atoms with Crippen molar-refractivity contribution in [1.82, 2.24) is 5.32 Å². The number of aryl methyl sites for hydroxylation is 1. The van der Waals surface area contributed by atoms with E-state index in [0.29, 0.717) is 23.7 Å². The Balaban J connectivity index is 1.89. The number of carbonyl (C=O) groups excluding carboxylic acids is 2. The van der Waals surface area contributed by atoms with E-state index in [2.05, 4.69) is 5.32 Å². The summed E-state index contributed by atoms with van der Waals surface area (Å²) >= 11 is 0. The molecule has 1 saturated carbocycles. The summed E-state index contributed by atoms with van der Waals surface area (Å²) in [6.07, 6.45) is 3.53. The SMILES string of the molecule is COC(=O)C1CCC(CNC(=O)c2c(N)ccc(C)c2C)CC1. The molecule has 1 aromatic rings. The summed E-state index contributed by atoms with van der Waals surface area (Å²) in [6.45, 7) is 4.52. The number of amides is 1. The van der Waals surface area contributed by atoms with Crippen molar-refractivity contribution in [3.63, 3.8) is 0 Å². The van der Waals surface area contributed by atoms with Crippen LogP contribution in [0.5, 0.6) is 0 Å². The molecule has 23 heavy (non-hydrogen) atoms. The second-order valence-corrected chi connectivity index (χ2v) is 6.42. The molecular weight excluding hydrogens is 292 g/mol. The van der Waals surface area contributed by atoms with Crippen molar-refractivity contribution in [2.45, 2.75) is 39.5 Å². The Morgan fingerprint density at radius 2 is 1.87 bits per heavy atom. The van der Waals surface area contributed by atoms with E-state index in [1.165, 1.54) is 7.11 Å². The van der Waals surface area contributed by atoms with Gasteiger partial charge in [-0.25, -0.2) is 0 Å². The zero-order valence-electron chi connectivity index (χ0n) is 14.1. The van der Waals surface area contributed by atoms with E-state index < -0.39 is 0 Å². The standard InChI is InChI=1S/C18H26N2O3/c1-11-4-9-15(19)16(12(11)2)17(21)20-10-13-5-7-14(8-6-13)18(22)23-3/h4,9,13-14H,5-8,10,19H2,1-3H3,(H,20,21). The Kier molecular flexibility index (Phi) is 5.64. The van der Waals surface area contributed by atoms with Crippen molar-refractivity contribution >= 4 is 17.6 Å². The predicted molar refractivity (Wildman–Crippen MR) is 90.1 cm³/mol. The van der Waals surface area contributed by atoms with E-state index in [0.717, 1.165) is 36.8 Å². The molecule has 1 amide bonds. The van der Waals surface area contributed by atoms with Gasteiger partial charge in [-0.1, -0.05) is 6.07 Å². The molecule has 0 aromatic heterocycles. The summed E-state index contributed by atoms with van der Waals surface area (Å²) in [6, 6.07) is 3.70. The van der Waals surface area contributed by atoms with Crippen LogP contribution in [-0.4, -0.2) is 25.5 Å². The Bertz CT molecular complexity index is 590. The van der Waals surface area contributed by atoms with Crippen LogP contribution in [-0.2, 0) is 9.53 Å². The van der Waals surface area contributed by atoms with Gasteiger partial charge in [-0.2, -0.15) is 0 Å². The smallest absolute Gasteiger partial charge is 0.308 e. The normalized spacial score (nSPS) is 20.8. The Labute approximate surface area is 137 Å². The third-order valence-electron chi connectivity index (χ3n) is 4.93. The quantitative estimate of drug-likeness (QED) is 0.660. The second kappa shape index (κ2) is 7.49. The molecule has 0 bridgehead atoms. The monoisotopic (exact) mass is 318 g/mol. The lowest BCUT2D eigenvalue weighted by Gasteiger charge is -2.27. The van der Waals surface area contributed by atoms with Crippen LogP contribution in [0.2, 0.25) is 0 Å². The molecule has 5 heteroatoms. The average molecular weight is 318 g/mol. The molecular formula is C18H26N2O3. The lowest BCUT2D eigenvalue weighted by atomic mass is 9.82. The second-order valence-electron chi connectivity index (χ2n) is 6.42. The lowest BCUT2D eigenvalue weighted by molar-refractivity contribution is -0.146. The maximum atomic E-state index is 12.4. The van der Waals surface area contributed by atoms with Gasteiger partial charge in [0.2, 0.25) is 0 Å². The molecule has 0 heterocycles. The summed E-state index contributed by atoms with van der Waals surface area (Å²) in [4.78, 5) is 24.0. The van der Waals surface area contributed by atoms with Crippen molar-refractivity contribution in [3.05, 3.63) is 28.8 Å². The van der Waals surface area contributed by atoms with Gasteiger partial charge >= 0.3 is 5.97 Å². The molecule has 0 radical (unpaired) electrons. The number of esters is 1. The minimum Gasteiger partial charge on any atom is -0.469 e. The first-order chi connectivity index (χ1) is 10.9. The maximum Gasteiger partial charge on any atom is 0.308 e. The fourth-order valence-electron chi connectivity index (χ4n) is 3.23. The first-order valence-corrected chi connectivity index (χ1v) is 8.15. The number of hydrogen-bond donors (Lipinski definition) is 2. The minimum absolute atomic E-state index is 0.0154. The molecule has 3 N–H and O–H groups in total. The first kappa shape index (κ1) is 17.3. The third kappa shape index (κ3) is 4.03. The molecule has 1 aliphatic carbocycles. The first-order valence-electron chi connectivity index (χ1n) is 8.15. The molecule has 1 aliphatic rings. The van der Waals surface area contributed by atoms with Crippen LogP contribution < -0.4 is 11.1 Å². The fourth-order valence-corrected chi connectivity index (χ4v) is 3.23.